The summed E-state index contributed by atoms with van der Waals surface area (Å²) in [5.41, 5.74) is 1.55. The number of aliphatic hydroxyl groups is 1. The fourth-order valence-electron chi connectivity index (χ4n) is 2.29. The quantitative estimate of drug-likeness (QED) is 0.833. The molecule has 0 radical (unpaired) electrons. The molecule has 1 heterocycles. The Kier molecular flexibility index (Phi) is 2.76. The van der Waals surface area contributed by atoms with Crippen molar-refractivity contribution in [3.8, 4) is 5.75 Å². The summed E-state index contributed by atoms with van der Waals surface area (Å²) in [6.07, 6.45) is -0.422. The van der Waals surface area contributed by atoms with Crippen LogP contribution in [-0.2, 0) is 0 Å². The summed E-state index contributed by atoms with van der Waals surface area (Å²) in [7, 11) is 0. The van der Waals surface area contributed by atoms with E-state index in [4.69, 9.17) is 4.74 Å². The van der Waals surface area contributed by atoms with Crippen molar-refractivity contribution in [1.82, 2.24) is 0 Å². The second-order valence-corrected chi connectivity index (χ2v) is 4.45. The van der Waals surface area contributed by atoms with Gasteiger partial charge in [0.25, 0.3) is 0 Å². The second kappa shape index (κ2) is 4.42. The van der Waals surface area contributed by atoms with E-state index < -0.39 is 6.10 Å². The monoisotopic (exact) mass is 244 g/mol. The molecule has 0 bridgehead atoms. The van der Waals surface area contributed by atoms with Gasteiger partial charge >= 0.3 is 0 Å². The van der Waals surface area contributed by atoms with Crippen LogP contribution in [0.4, 0.5) is 4.39 Å². The van der Waals surface area contributed by atoms with Crippen molar-refractivity contribution in [2.75, 3.05) is 0 Å². The van der Waals surface area contributed by atoms with E-state index in [0.29, 0.717) is 17.7 Å². The fourth-order valence-corrected chi connectivity index (χ4v) is 2.29. The summed E-state index contributed by atoms with van der Waals surface area (Å²) in [5, 5.41) is 10.1. The Morgan fingerprint density at radius 2 is 1.89 bits per heavy atom. The smallest absolute Gasteiger partial charge is 0.127 e. The number of aliphatic hydroxyl groups excluding tert-OH is 1. The van der Waals surface area contributed by atoms with Crippen LogP contribution in [0.3, 0.4) is 0 Å². The standard InChI is InChI=1S/C15H13FO2/c16-11-6-7-14-12(8-11)13(17)9-15(18-14)10-4-2-1-3-5-10/h1-8,13,15,17H,9H2/t13-,15?/m1/s1. The minimum atomic E-state index is -0.686. The van der Waals surface area contributed by atoms with E-state index in [1.54, 1.807) is 6.07 Å². The van der Waals surface area contributed by atoms with E-state index in [0.717, 1.165) is 5.56 Å². The van der Waals surface area contributed by atoms with Gasteiger partial charge < -0.3 is 9.84 Å². The van der Waals surface area contributed by atoms with Crippen molar-refractivity contribution in [1.29, 1.82) is 0 Å². The summed E-state index contributed by atoms with van der Waals surface area (Å²) in [5.74, 6) is 0.207. The molecule has 1 aliphatic heterocycles. The maximum absolute atomic E-state index is 13.1. The first-order valence-electron chi connectivity index (χ1n) is 5.93. The van der Waals surface area contributed by atoms with E-state index in [1.807, 2.05) is 30.3 Å². The average molecular weight is 244 g/mol. The van der Waals surface area contributed by atoms with Gasteiger partial charge in [0.15, 0.2) is 0 Å². The van der Waals surface area contributed by atoms with Gasteiger partial charge in [-0.3, -0.25) is 0 Å². The number of rotatable bonds is 1. The Morgan fingerprint density at radius 1 is 1.11 bits per heavy atom. The lowest BCUT2D eigenvalue weighted by Gasteiger charge is -2.29. The molecule has 0 amide bonds. The van der Waals surface area contributed by atoms with Crippen molar-refractivity contribution in [2.24, 2.45) is 0 Å². The van der Waals surface area contributed by atoms with E-state index >= 15 is 0 Å². The maximum Gasteiger partial charge on any atom is 0.127 e. The van der Waals surface area contributed by atoms with E-state index in [9.17, 15) is 9.50 Å². The van der Waals surface area contributed by atoms with E-state index in [2.05, 4.69) is 0 Å². The molecule has 92 valence electrons. The first-order chi connectivity index (χ1) is 8.74. The van der Waals surface area contributed by atoms with Gasteiger partial charge in [-0.05, 0) is 23.8 Å². The zero-order valence-electron chi connectivity index (χ0n) is 9.71. The molecule has 2 nitrogen and oxygen atoms in total. The van der Waals surface area contributed by atoms with Crippen molar-refractivity contribution in [3.05, 3.63) is 65.5 Å². The first kappa shape index (κ1) is 11.2. The molecular formula is C15H13FO2. The molecule has 2 aromatic carbocycles. The Balaban J connectivity index is 1.95. The molecule has 1 N–H and O–H groups in total. The predicted octanol–water partition coefficient (Wildman–Crippen LogP) is 3.38. The molecule has 2 aromatic rings. The van der Waals surface area contributed by atoms with Crippen LogP contribution >= 0.6 is 0 Å². The van der Waals surface area contributed by atoms with Gasteiger partial charge in [0, 0.05) is 12.0 Å². The van der Waals surface area contributed by atoms with E-state index in [1.165, 1.54) is 12.1 Å². The van der Waals surface area contributed by atoms with Crippen molar-refractivity contribution in [2.45, 2.75) is 18.6 Å². The van der Waals surface area contributed by atoms with Gasteiger partial charge in [-0.25, -0.2) is 4.39 Å². The third kappa shape index (κ3) is 1.97. The highest BCUT2D eigenvalue weighted by atomic mass is 19.1. The Hall–Kier alpha value is -1.87. The molecule has 18 heavy (non-hydrogen) atoms. The lowest BCUT2D eigenvalue weighted by molar-refractivity contribution is 0.0653. The molecule has 0 saturated heterocycles. The number of hydrogen-bond acceptors (Lipinski definition) is 2. The third-order valence-electron chi connectivity index (χ3n) is 3.21. The molecule has 2 atom stereocenters. The summed E-state index contributed by atoms with van der Waals surface area (Å²) in [4.78, 5) is 0. The maximum atomic E-state index is 13.1. The molecule has 0 aliphatic carbocycles. The lowest BCUT2D eigenvalue weighted by Crippen LogP contribution is -2.19. The lowest BCUT2D eigenvalue weighted by atomic mass is 9.95. The van der Waals surface area contributed by atoms with Crippen LogP contribution in [0.15, 0.2) is 48.5 Å². The van der Waals surface area contributed by atoms with Gasteiger partial charge in [-0.1, -0.05) is 30.3 Å². The van der Waals surface area contributed by atoms with Crippen LogP contribution in [0.1, 0.15) is 29.8 Å². The number of fused-ring (bicyclic) bond motifs is 1. The van der Waals surface area contributed by atoms with Crippen LogP contribution in [-0.4, -0.2) is 5.11 Å². The topological polar surface area (TPSA) is 29.5 Å². The summed E-state index contributed by atoms with van der Waals surface area (Å²) >= 11 is 0. The van der Waals surface area contributed by atoms with Crippen LogP contribution in [0.25, 0.3) is 0 Å². The molecule has 1 aliphatic rings. The highest BCUT2D eigenvalue weighted by Crippen LogP contribution is 2.40. The second-order valence-electron chi connectivity index (χ2n) is 4.45. The molecule has 0 saturated carbocycles. The number of hydrogen-bond donors (Lipinski definition) is 1. The Bertz CT molecular complexity index is 554. The summed E-state index contributed by atoms with van der Waals surface area (Å²) < 4.78 is 18.9. The number of ether oxygens (including phenoxy) is 1. The molecule has 3 rings (SSSR count). The normalized spacial score (nSPS) is 22.1. The molecule has 3 heteroatoms. The number of halogens is 1. The molecule has 0 fully saturated rings. The van der Waals surface area contributed by atoms with Gasteiger partial charge in [-0.15, -0.1) is 0 Å². The molecule has 0 aromatic heterocycles. The van der Waals surface area contributed by atoms with Crippen LogP contribution < -0.4 is 4.74 Å². The third-order valence-corrected chi connectivity index (χ3v) is 3.21. The van der Waals surface area contributed by atoms with Crippen molar-refractivity contribution < 1.29 is 14.2 Å². The van der Waals surface area contributed by atoms with Gasteiger partial charge in [0.1, 0.15) is 17.7 Å². The summed E-state index contributed by atoms with van der Waals surface area (Å²) in [6.45, 7) is 0. The molecular weight excluding hydrogens is 231 g/mol. The Labute approximate surface area is 105 Å². The fraction of sp³-hybridized carbons (Fsp3) is 0.200. The minimum Gasteiger partial charge on any atom is -0.485 e. The average Bonchev–Trinajstić information content (AvgIpc) is 2.40. The Morgan fingerprint density at radius 3 is 2.67 bits per heavy atom. The van der Waals surface area contributed by atoms with Crippen LogP contribution in [0, 0.1) is 5.82 Å². The predicted molar refractivity (Wildman–Crippen MR) is 65.8 cm³/mol. The van der Waals surface area contributed by atoms with E-state index in [-0.39, 0.29) is 11.9 Å². The molecule has 0 spiro atoms. The first-order valence-corrected chi connectivity index (χ1v) is 5.93. The van der Waals surface area contributed by atoms with Crippen LogP contribution in [0.5, 0.6) is 5.75 Å². The van der Waals surface area contributed by atoms with Gasteiger partial charge in [0.2, 0.25) is 0 Å². The zero-order valence-corrected chi connectivity index (χ0v) is 9.71. The molecule has 1 unspecified atom stereocenters. The van der Waals surface area contributed by atoms with Crippen molar-refractivity contribution >= 4 is 0 Å². The van der Waals surface area contributed by atoms with Gasteiger partial charge in [-0.2, -0.15) is 0 Å². The number of benzene rings is 2. The highest BCUT2D eigenvalue weighted by molar-refractivity contribution is 5.38. The van der Waals surface area contributed by atoms with Crippen molar-refractivity contribution in [3.63, 3.8) is 0 Å². The minimum absolute atomic E-state index is 0.181. The highest BCUT2D eigenvalue weighted by Gasteiger charge is 2.28. The van der Waals surface area contributed by atoms with Crippen LogP contribution in [0.2, 0.25) is 0 Å². The zero-order chi connectivity index (χ0) is 12.5. The largest absolute Gasteiger partial charge is 0.485 e. The SMILES string of the molecule is O[C@@H]1CC(c2ccccc2)Oc2ccc(F)cc21. The van der Waals surface area contributed by atoms with Gasteiger partial charge in [0.05, 0.1) is 6.10 Å². The summed E-state index contributed by atoms with van der Waals surface area (Å²) in [6, 6.07) is 14.0.